The smallest absolute Gasteiger partial charge is 0.219 e. The van der Waals surface area contributed by atoms with E-state index in [-0.39, 0.29) is 18.6 Å². The zero-order valence-electron chi connectivity index (χ0n) is 15.7. The second kappa shape index (κ2) is 7.19. The van der Waals surface area contributed by atoms with Gasteiger partial charge < -0.3 is 19.6 Å². The number of ether oxygens (including phenoxy) is 1. The molecule has 1 aromatic carbocycles. The van der Waals surface area contributed by atoms with Crippen molar-refractivity contribution in [1.29, 1.82) is 0 Å². The molecule has 0 aliphatic carbocycles. The highest BCUT2D eigenvalue weighted by molar-refractivity contribution is 5.74. The van der Waals surface area contributed by atoms with E-state index in [0.29, 0.717) is 11.8 Å². The maximum atomic E-state index is 12.3. The van der Waals surface area contributed by atoms with E-state index in [1.54, 1.807) is 20.2 Å². The Morgan fingerprint density at radius 3 is 2.67 bits per heavy atom. The Kier molecular flexibility index (Phi) is 4.74. The van der Waals surface area contributed by atoms with Gasteiger partial charge in [0.2, 0.25) is 5.91 Å². The molecule has 2 aliphatic rings. The number of rotatable bonds is 4. The largest absolute Gasteiger partial charge is 0.497 e. The molecule has 2 aliphatic heterocycles. The van der Waals surface area contributed by atoms with Crippen LogP contribution in [0.15, 0.2) is 42.6 Å². The minimum Gasteiger partial charge on any atom is -0.497 e. The Bertz CT molecular complexity index is 824. The third kappa shape index (κ3) is 3.25. The van der Waals surface area contributed by atoms with Crippen molar-refractivity contribution < 1.29 is 14.6 Å². The summed E-state index contributed by atoms with van der Waals surface area (Å²) >= 11 is 0. The topological polar surface area (TPSA) is 65.9 Å². The summed E-state index contributed by atoms with van der Waals surface area (Å²) in [6.45, 7) is 4.17. The molecule has 0 unspecified atom stereocenters. The van der Waals surface area contributed by atoms with Gasteiger partial charge in [-0.05, 0) is 35.4 Å². The average molecular weight is 367 g/mol. The molecule has 4 rings (SSSR count). The van der Waals surface area contributed by atoms with Crippen LogP contribution in [0, 0.1) is 11.8 Å². The molecule has 2 fully saturated rings. The summed E-state index contributed by atoms with van der Waals surface area (Å²) in [6.07, 6.45) is 1.75. The number of aromatic nitrogens is 1. The first-order valence-corrected chi connectivity index (χ1v) is 9.32. The molecule has 142 valence electrons. The fourth-order valence-electron chi connectivity index (χ4n) is 4.52. The number of amides is 1. The second-order valence-corrected chi connectivity index (χ2v) is 7.40. The fraction of sp³-hybridized carbons (Fsp3) is 0.429. The second-order valence-electron chi connectivity index (χ2n) is 7.40. The van der Waals surface area contributed by atoms with E-state index in [9.17, 15) is 9.90 Å². The molecule has 0 radical (unpaired) electrons. The Hall–Kier alpha value is -2.60. The third-order valence-electron chi connectivity index (χ3n) is 5.84. The first-order valence-electron chi connectivity index (χ1n) is 9.32. The summed E-state index contributed by atoms with van der Waals surface area (Å²) in [4.78, 5) is 21.0. The van der Waals surface area contributed by atoms with Crippen LogP contribution in [0.1, 0.15) is 24.1 Å². The lowest BCUT2D eigenvalue weighted by atomic mass is 9.89. The van der Waals surface area contributed by atoms with Gasteiger partial charge in [0.15, 0.2) is 0 Å². The van der Waals surface area contributed by atoms with E-state index < -0.39 is 0 Å². The molecule has 3 atom stereocenters. The van der Waals surface area contributed by atoms with Gasteiger partial charge >= 0.3 is 0 Å². The maximum Gasteiger partial charge on any atom is 0.219 e. The lowest BCUT2D eigenvalue weighted by Gasteiger charge is -2.29. The standard InChI is InChI=1S/C21H25N3O3/c1-14(26)24-11-17-10-23(20-9-15(13-25)7-8-22-20)12-19(17)21(24)16-3-5-18(27-2)6-4-16/h3-9,17,19,21,25H,10-13H2,1-2H3/t17-,19-,21+/m1/s1. The molecular formula is C21H25N3O3. The van der Waals surface area contributed by atoms with E-state index in [1.165, 1.54) is 0 Å². The lowest BCUT2D eigenvalue weighted by Crippen LogP contribution is -2.34. The number of nitrogens with zero attached hydrogens (tertiary/aromatic N) is 3. The first kappa shape index (κ1) is 17.8. The molecule has 0 bridgehead atoms. The summed E-state index contributed by atoms with van der Waals surface area (Å²) in [7, 11) is 1.66. The molecule has 2 aromatic rings. The van der Waals surface area contributed by atoms with Gasteiger partial charge in [0.25, 0.3) is 0 Å². The molecular weight excluding hydrogens is 342 g/mol. The summed E-state index contributed by atoms with van der Waals surface area (Å²) in [5.41, 5.74) is 2.02. The molecule has 6 heteroatoms. The molecule has 2 saturated heterocycles. The number of aliphatic hydroxyl groups is 1. The van der Waals surface area contributed by atoms with E-state index in [1.807, 2.05) is 29.2 Å². The SMILES string of the molecule is COc1ccc([C@H]2[C@@H]3CN(c4cc(CO)ccn4)C[C@@H]3CN2C(C)=O)cc1. The summed E-state index contributed by atoms with van der Waals surface area (Å²) < 4.78 is 5.27. The summed E-state index contributed by atoms with van der Waals surface area (Å²) in [6, 6.07) is 11.9. The molecule has 3 heterocycles. The fourth-order valence-corrected chi connectivity index (χ4v) is 4.52. The van der Waals surface area contributed by atoms with Gasteiger partial charge in [0.1, 0.15) is 11.6 Å². The molecule has 0 spiro atoms. The van der Waals surface area contributed by atoms with Crippen molar-refractivity contribution in [3.8, 4) is 5.75 Å². The van der Waals surface area contributed by atoms with Crippen molar-refractivity contribution in [2.75, 3.05) is 31.6 Å². The van der Waals surface area contributed by atoms with Crippen LogP contribution in [0.4, 0.5) is 5.82 Å². The molecule has 27 heavy (non-hydrogen) atoms. The summed E-state index contributed by atoms with van der Waals surface area (Å²) in [5, 5.41) is 9.39. The highest BCUT2D eigenvalue weighted by Gasteiger charge is 2.48. The normalized spacial score (nSPS) is 24.2. The molecule has 1 amide bonds. The number of carbonyl (C=O) groups is 1. The Morgan fingerprint density at radius 1 is 1.22 bits per heavy atom. The number of likely N-dealkylation sites (tertiary alicyclic amines) is 1. The molecule has 1 aromatic heterocycles. The Labute approximate surface area is 159 Å². The monoisotopic (exact) mass is 367 g/mol. The highest BCUT2D eigenvalue weighted by Crippen LogP contribution is 2.46. The number of fused-ring (bicyclic) bond motifs is 1. The quantitative estimate of drug-likeness (QED) is 0.898. The minimum absolute atomic E-state index is 0.0167. The number of hydrogen-bond acceptors (Lipinski definition) is 5. The van der Waals surface area contributed by atoms with Gasteiger partial charge in [-0.1, -0.05) is 12.1 Å². The lowest BCUT2D eigenvalue weighted by molar-refractivity contribution is -0.130. The van der Waals surface area contributed by atoms with Crippen LogP contribution < -0.4 is 9.64 Å². The van der Waals surface area contributed by atoms with Crippen LogP contribution in [-0.2, 0) is 11.4 Å². The van der Waals surface area contributed by atoms with Crippen molar-refractivity contribution in [3.05, 3.63) is 53.7 Å². The minimum atomic E-state index is 0.0167. The molecule has 1 N–H and O–H groups in total. The van der Waals surface area contributed by atoms with E-state index in [0.717, 1.165) is 42.3 Å². The highest BCUT2D eigenvalue weighted by atomic mass is 16.5. The van der Waals surface area contributed by atoms with Gasteiger partial charge in [-0.2, -0.15) is 0 Å². The number of carbonyl (C=O) groups excluding carboxylic acids is 1. The van der Waals surface area contributed by atoms with E-state index in [4.69, 9.17) is 4.74 Å². The first-order chi connectivity index (χ1) is 13.1. The van der Waals surface area contributed by atoms with Crippen LogP contribution in [0.3, 0.4) is 0 Å². The number of anilines is 1. The Morgan fingerprint density at radius 2 is 2.00 bits per heavy atom. The van der Waals surface area contributed by atoms with Gasteiger partial charge in [-0.25, -0.2) is 4.98 Å². The number of hydrogen-bond donors (Lipinski definition) is 1. The van der Waals surface area contributed by atoms with Crippen LogP contribution >= 0.6 is 0 Å². The predicted octanol–water partition coefficient (Wildman–Crippen LogP) is 2.24. The van der Waals surface area contributed by atoms with Gasteiger partial charge in [0.05, 0.1) is 19.8 Å². The molecule has 6 nitrogen and oxygen atoms in total. The van der Waals surface area contributed by atoms with Crippen LogP contribution in [-0.4, -0.2) is 47.6 Å². The number of aliphatic hydroxyl groups excluding tert-OH is 1. The predicted molar refractivity (Wildman–Crippen MR) is 102 cm³/mol. The van der Waals surface area contributed by atoms with Crippen molar-refractivity contribution in [2.24, 2.45) is 11.8 Å². The zero-order chi connectivity index (χ0) is 19.0. The number of pyridine rings is 1. The van der Waals surface area contributed by atoms with Crippen molar-refractivity contribution in [3.63, 3.8) is 0 Å². The van der Waals surface area contributed by atoms with Gasteiger partial charge in [0, 0.05) is 44.6 Å². The summed E-state index contributed by atoms with van der Waals surface area (Å²) in [5.74, 6) is 2.62. The number of benzene rings is 1. The van der Waals surface area contributed by atoms with E-state index in [2.05, 4.69) is 22.0 Å². The molecule has 0 saturated carbocycles. The Balaban J connectivity index is 1.60. The third-order valence-corrected chi connectivity index (χ3v) is 5.84. The van der Waals surface area contributed by atoms with Crippen molar-refractivity contribution in [1.82, 2.24) is 9.88 Å². The van der Waals surface area contributed by atoms with E-state index >= 15 is 0 Å². The van der Waals surface area contributed by atoms with Gasteiger partial charge in [-0.3, -0.25) is 4.79 Å². The number of methoxy groups -OCH3 is 1. The average Bonchev–Trinajstić information content (AvgIpc) is 3.26. The van der Waals surface area contributed by atoms with Crippen LogP contribution in [0.25, 0.3) is 0 Å². The van der Waals surface area contributed by atoms with Crippen molar-refractivity contribution in [2.45, 2.75) is 19.6 Å². The van der Waals surface area contributed by atoms with Crippen molar-refractivity contribution >= 4 is 11.7 Å². The van der Waals surface area contributed by atoms with Gasteiger partial charge in [-0.15, -0.1) is 0 Å². The van der Waals surface area contributed by atoms with Crippen LogP contribution in [0.2, 0.25) is 0 Å². The van der Waals surface area contributed by atoms with Crippen LogP contribution in [0.5, 0.6) is 5.75 Å². The zero-order valence-corrected chi connectivity index (χ0v) is 15.7. The maximum absolute atomic E-state index is 12.3.